The normalized spacial score (nSPS) is 13.1. The molecule has 0 aliphatic carbocycles. The van der Waals surface area contributed by atoms with Crippen molar-refractivity contribution in [1.29, 1.82) is 0 Å². The molecule has 0 radical (unpaired) electrons. The zero-order valence-electron chi connectivity index (χ0n) is 13.6. The number of carbonyl (C=O) groups is 1. The van der Waals surface area contributed by atoms with Crippen LogP contribution in [0.5, 0.6) is 0 Å². The first kappa shape index (κ1) is 15.8. The molecule has 0 saturated heterocycles. The molecule has 0 saturated carbocycles. The van der Waals surface area contributed by atoms with Crippen molar-refractivity contribution in [1.82, 2.24) is 9.78 Å². The minimum absolute atomic E-state index is 0.0676. The number of fused-ring (bicyclic) bond motifs is 1. The summed E-state index contributed by atoms with van der Waals surface area (Å²) in [7, 11) is -0.919. The van der Waals surface area contributed by atoms with Crippen LogP contribution in [0.25, 0.3) is 5.69 Å². The molecule has 3 aromatic rings. The zero-order chi connectivity index (χ0) is 17.2. The molecule has 0 atom stereocenters. The lowest BCUT2D eigenvalue weighted by atomic mass is 9.78. The molecule has 2 heterocycles. The highest BCUT2D eigenvalue weighted by Crippen LogP contribution is 2.15. The van der Waals surface area contributed by atoms with E-state index in [1.54, 1.807) is 16.9 Å². The van der Waals surface area contributed by atoms with E-state index in [0.29, 0.717) is 30.5 Å². The van der Waals surface area contributed by atoms with Gasteiger partial charge in [0.1, 0.15) is 0 Å². The van der Waals surface area contributed by atoms with Crippen molar-refractivity contribution < 1.29 is 14.5 Å². The first-order chi connectivity index (χ1) is 12.2. The molecule has 25 heavy (non-hydrogen) atoms. The summed E-state index contributed by atoms with van der Waals surface area (Å²) < 4.78 is 6.96. The Balaban J connectivity index is 1.41. The Morgan fingerprint density at radius 3 is 2.84 bits per heavy atom. The van der Waals surface area contributed by atoms with Gasteiger partial charge in [0, 0.05) is 24.4 Å². The first-order valence-corrected chi connectivity index (χ1v) is 8.25. The van der Waals surface area contributed by atoms with Crippen molar-refractivity contribution in [3.05, 3.63) is 77.6 Å². The number of aryl methyl sites for hydroxylation is 1. The van der Waals surface area contributed by atoms with Gasteiger partial charge in [0.2, 0.25) is 0 Å². The Morgan fingerprint density at radius 1 is 1.24 bits per heavy atom. The van der Waals surface area contributed by atoms with Crippen LogP contribution in [-0.4, -0.2) is 27.7 Å². The summed E-state index contributed by atoms with van der Waals surface area (Å²) in [6, 6.07) is 15.3. The van der Waals surface area contributed by atoms with Crippen LogP contribution >= 0.6 is 0 Å². The lowest BCUT2D eigenvalue weighted by Gasteiger charge is -2.06. The van der Waals surface area contributed by atoms with Gasteiger partial charge >= 0.3 is 7.12 Å². The number of aromatic nitrogens is 2. The number of rotatable bonds is 5. The molecule has 0 unspecified atom stereocenters. The Morgan fingerprint density at radius 2 is 2.08 bits per heavy atom. The second kappa shape index (κ2) is 6.66. The van der Waals surface area contributed by atoms with E-state index in [4.69, 9.17) is 4.65 Å². The number of carbonyl (C=O) groups excluding carboxylic acids is 1. The predicted octanol–water partition coefficient (Wildman–Crippen LogP) is 1.91. The van der Waals surface area contributed by atoms with Gasteiger partial charge in [0.25, 0.3) is 0 Å². The molecule has 0 fully saturated rings. The van der Waals surface area contributed by atoms with Crippen LogP contribution in [0.3, 0.4) is 0 Å². The molecule has 124 valence electrons. The van der Waals surface area contributed by atoms with Crippen LogP contribution in [0.2, 0.25) is 0 Å². The van der Waals surface area contributed by atoms with E-state index in [2.05, 4.69) is 5.10 Å². The lowest BCUT2D eigenvalue weighted by molar-refractivity contribution is 0.0983. The van der Waals surface area contributed by atoms with E-state index < -0.39 is 7.12 Å². The summed E-state index contributed by atoms with van der Waals surface area (Å²) in [5, 5.41) is 14.0. The topological polar surface area (TPSA) is 64.4 Å². The van der Waals surface area contributed by atoms with Gasteiger partial charge in [-0.3, -0.25) is 4.79 Å². The summed E-state index contributed by atoms with van der Waals surface area (Å²) in [5.41, 5.74) is 4.37. The number of nitrogens with zero attached hydrogens (tertiary/aromatic N) is 2. The molecular weight excluding hydrogens is 315 g/mol. The smallest absolute Gasteiger partial charge is 0.423 e. The lowest BCUT2D eigenvalue weighted by Crippen LogP contribution is -2.28. The summed E-state index contributed by atoms with van der Waals surface area (Å²) >= 11 is 0. The molecule has 2 aromatic carbocycles. The molecule has 0 bridgehead atoms. The molecule has 5 nitrogen and oxygen atoms in total. The molecule has 0 spiro atoms. The molecule has 6 heteroatoms. The van der Waals surface area contributed by atoms with E-state index >= 15 is 0 Å². The highest BCUT2D eigenvalue weighted by molar-refractivity contribution is 6.61. The van der Waals surface area contributed by atoms with Crippen molar-refractivity contribution in [2.75, 3.05) is 0 Å². The molecule has 0 amide bonds. The van der Waals surface area contributed by atoms with Crippen LogP contribution in [-0.2, 0) is 17.7 Å². The summed E-state index contributed by atoms with van der Waals surface area (Å²) in [6.45, 7) is 0.396. The van der Waals surface area contributed by atoms with Crippen molar-refractivity contribution in [3.8, 4) is 5.69 Å². The van der Waals surface area contributed by atoms with Gasteiger partial charge in [-0.25, -0.2) is 4.68 Å². The maximum Gasteiger partial charge on any atom is 0.491 e. The van der Waals surface area contributed by atoms with Gasteiger partial charge in [-0.15, -0.1) is 0 Å². The van der Waals surface area contributed by atoms with Crippen LogP contribution in [0.15, 0.2) is 60.9 Å². The average molecular weight is 332 g/mol. The monoisotopic (exact) mass is 332 g/mol. The van der Waals surface area contributed by atoms with Crippen molar-refractivity contribution in [2.45, 2.75) is 19.4 Å². The quantitative estimate of drug-likeness (QED) is 0.573. The fraction of sp³-hybridized carbons (Fsp3) is 0.158. The fourth-order valence-electron chi connectivity index (χ4n) is 3.03. The number of benzene rings is 2. The number of Topliss-reactive ketones (excluding diaryl/α,β-unsaturated/α-hetero) is 1. The molecule has 1 aliphatic heterocycles. The maximum absolute atomic E-state index is 12.4. The van der Waals surface area contributed by atoms with Crippen LogP contribution in [0, 0.1) is 0 Å². The third-order valence-electron chi connectivity index (χ3n) is 4.48. The van der Waals surface area contributed by atoms with Crippen molar-refractivity contribution in [2.24, 2.45) is 0 Å². The van der Waals surface area contributed by atoms with Gasteiger partial charge in [-0.05, 0) is 41.2 Å². The fourth-order valence-corrected chi connectivity index (χ4v) is 3.03. The summed E-state index contributed by atoms with van der Waals surface area (Å²) in [4.78, 5) is 12.4. The minimum atomic E-state index is -0.919. The molecule has 4 rings (SSSR count). The van der Waals surface area contributed by atoms with E-state index in [9.17, 15) is 9.82 Å². The second-order valence-electron chi connectivity index (χ2n) is 6.12. The van der Waals surface area contributed by atoms with Crippen LogP contribution < -0.4 is 5.46 Å². The van der Waals surface area contributed by atoms with Gasteiger partial charge in [-0.1, -0.05) is 30.3 Å². The Bertz CT molecular complexity index is 892. The SMILES string of the molecule is O=C(CCc1ccc(-n2cccn2)cc1)c1ccc2c(c1)B(O)OC2. The third-order valence-corrected chi connectivity index (χ3v) is 4.48. The van der Waals surface area contributed by atoms with E-state index in [-0.39, 0.29) is 5.78 Å². The number of hydrogen-bond donors (Lipinski definition) is 1. The van der Waals surface area contributed by atoms with Gasteiger partial charge in [0.05, 0.1) is 12.3 Å². The predicted molar refractivity (Wildman–Crippen MR) is 95.1 cm³/mol. The van der Waals surface area contributed by atoms with Gasteiger partial charge in [-0.2, -0.15) is 5.10 Å². The maximum atomic E-state index is 12.4. The molecule has 1 aliphatic rings. The average Bonchev–Trinajstić information content (AvgIpc) is 3.30. The largest absolute Gasteiger partial charge is 0.491 e. The van der Waals surface area contributed by atoms with Crippen molar-refractivity contribution >= 4 is 18.4 Å². The zero-order valence-corrected chi connectivity index (χ0v) is 13.6. The molecule has 1 N–H and O–H groups in total. The van der Waals surface area contributed by atoms with E-state index in [0.717, 1.165) is 16.8 Å². The van der Waals surface area contributed by atoms with E-state index in [1.165, 1.54) is 0 Å². The minimum Gasteiger partial charge on any atom is -0.423 e. The van der Waals surface area contributed by atoms with Gasteiger partial charge < -0.3 is 9.68 Å². The highest BCUT2D eigenvalue weighted by Gasteiger charge is 2.27. The summed E-state index contributed by atoms with van der Waals surface area (Å²) in [6.07, 6.45) is 4.74. The molecular formula is C19H17BN2O3. The second-order valence-corrected chi connectivity index (χ2v) is 6.12. The number of ketones is 1. The van der Waals surface area contributed by atoms with Crippen molar-refractivity contribution in [3.63, 3.8) is 0 Å². The van der Waals surface area contributed by atoms with Crippen LogP contribution in [0.1, 0.15) is 27.9 Å². The van der Waals surface area contributed by atoms with Crippen LogP contribution in [0.4, 0.5) is 0 Å². The third kappa shape index (κ3) is 3.27. The van der Waals surface area contributed by atoms with Gasteiger partial charge in [0.15, 0.2) is 5.78 Å². The highest BCUT2D eigenvalue weighted by atomic mass is 16.5. The Kier molecular flexibility index (Phi) is 4.21. The van der Waals surface area contributed by atoms with E-state index in [1.807, 2.05) is 48.7 Å². The number of hydrogen-bond acceptors (Lipinski definition) is 4. The Hall–Kier alpha value is -2.70. The standard InChI is InChI=1S/C19H17BN2O3/c23-19(15-5-6-16-13-25-20(24)18(16)12-15)9-4-14-2-7-17(8-3-14)22-11-1-10-21-22/h1-3,5-8,10-12,24H,4,9,13H2. The Labute approximate surface area is 146 Å². The first-order valence-electron chi connectivity index (χ1n) is 8.25. The molecule has 1 aromatic heterocycles. The summed E-state index contributed by atoms with van der Waals surface area (Å²) in [5.74, 6) is 0.0676.